The van der Waals surface area contributed by atoms with Gasteiger partial charge in [-0.05, 0) is 31.9 Å². The maximum absolute atomic E-state index is 6.02. The second-order valence-electron chi connectivity index (χ2n) is 4.82. The molecule has 17 heavy (non-hydrogen) atoms. The lowest BCUT2D eigenvalue weighted by Crippen LogP contribution is -2.41. The van der Waals surface area contributed by atoms with E-state index in [-0.39, 0.29) is 6.10 Å². The fourth-order valence-corrected chi connectivity index (χ4v) is 2.12. The smallest absolute Gasteiger partial charge is 0.163 e. The lowest BCUT2D eigenvalue weighted by Gasteiger charge is -2.41. The summed E-state index contributed by atoms with van der Waals surface area (Å²) in [5.74, 6) is -0.220. The summed E-state index contributed by atoms with van der Waals surface area (Å²) < 4.78 is 11.7. The Morgan fingerprint density at radius 1 is 1.59 bits per heavy atom. The third kappa shape index (κ3) is 2.93. The van der Waals surface area contributed by atoms with Crippen molar-refractivity contribution in [2.45, 2.75) is 32.2 Å². The van der Waals surface area contributed by atoms with Crippen molar-refractivity contribution in [3.05, 3.63) is 42.7 Å². The van der Waals surface area contributed by atoms with Gasteiger partial charge in [-0.2, -0.15) is 0 Å². The molecule has 1 saturated heterocycles. The molecule has 1 fully saturated rings. The van der Waals surface area contributed by atoms with Crippen LogP contribution in [-0.4, -0.2) is 17.4 Å². The van der Waals surface area contributed by atoms with Crippen LogP contribution in [0.25, 0.3) is 0 Å². The maximum Gasteiger partial charge on any atom is 0.163 e. The van der Waals surface area contributed by atoms with Crippen molar-refractivity contribution >= 4 is 0 Å². The van der Waals surface area contributed by atoms with E-state index in [9.17, 15) is 0 Å². The molecule has 0 unspecified atom stereocenters. The number of aromatic nitrogens is 1. The van der Waals surface area contributed by atoms with Gasteiger partial charge in [0.15, 0.2) is 5.79 Å². The molecule has 0 aliphatic carbocycles. The van der Waals surface area contributed by atoms with Gasteiger partial charge < -0.3 is 9.47 Å². The molecular formula is C14H19NO2. The Balaban J connectivity index is 2.22. The van der Waals surface area contributed by atoms with Crippen LogP contribution in [0.3, 0.4) is 0 Å². The Morgan fingerprint density at radius 2 is 2.41 bits per heavy atom. The van der Waals surface area contributed by atoms with E-state index >= 15 is 0 Å². The van der Waals surface area contributed by atoms with Gasteiger partial charge in [0.25, 0.3) is 0 Å². The molecule has 1 aromatic heterocycles. The molecule has 0 bridgehead atoms. The van der Waals surface area contributed by atoms with Crippen molar-refractivity contribution in [2.24, 2.45) is 5.92 Å². The number of ether oxygens (including phenoxy) is 2. The molecule has 0 aromatic carbocycles. The molecule has 2 heterocycles. The average Bonchev–Trinajstić information content (AvgIpc) is 2.32. The van der Waals surface area contributed by atoms with E-state index in [4.69, 9.17) is 9.47 Å². The van der Waals surface area contributed by atoms with Crippen molar-refractivity contribution in [3.63, 3.8) is 0 Å². The summed E-state index contributed by atoms with van der Waals surface area (Å²) in [6.45, 7) is 8.38. The minimum Gasteiger partial charge on any atom is -0.350 e. The first kappa shape index (κ1) is 12.3. The zero-order valence-corrected chi connectivity index (χ0v) is 10.4. The van der Waals surface area contributed by atoms with Gasteiger partial charge in [-0.15, -0.1) is 6.58 Å². The number of nitrogens with zero attached hydrogens (tertiary/aromatic N) is 1. The molecule has 3 nitrogen and oxygen atoms in total. The molecule has 0 radical (unpaired) electrons. The minimum absolute atomic E-state index is 0.0328. The van der Waals surface area contributed by atoms with Gasteiger partial charge in [0.05, 0.1) is 12.7 Å². The Labute approximate surface area is 102 Å². The first-order valence-corrected chi connectivity index (χ1v) is 5.95. The number of allylic oxidation sites excluding steroid dienone is 1. The summed E-state index contributed by atoms with van der Waals surface area (Å²) in [5, 5.41) is 0. The van der Waals surface area contributed by atoms with Crippen molar-refractivity contribution in [1.82, 2.24) is 4.98 Å². The van der Waals surface area contributed by atoms with Crippen molar-refractivity contribution < 1.29 is 9.47 Å². The van der Waals surface area contributed by atoms with E-state index in [2.05, 4.69) is 17.6 Å². The number of pyridine rings is 1. The highest BCUT2D eigenvalue weighted by Gasteiger charge is 2.36. The van der Waals surface area contributed by atoms with Gasteiger partial charge in [0.1, 0.15) is 0 Å². The van der Waals surface area contributed by atoms with Crippen molar-refractivity contribution in [2.75, 3.05) is 6.61 Å². The number of hydrogen-bond acceptors (Lipinski definition) is 3. The topological polar surface area (TPSA) is 31.4 Å². The van der Waals surface area contributed by atoms with E-state index in [1.165, 1.54) is 0 Å². The van der Waals surface area contributed by atoms with Crippen LogP contribution < -0.4 is 0 Å². The Morgan fingerprint density at radius 3 is 3.06 bits per heavy atom. The highest BCUT2D eigenvalue weighted by atomic mass is 16.7. The van der Waals surface area contributed by atoms with E-state index in [0.717, 1.165) is 12.0 Å². The Bertz CT molecular complexity index is 375. The Hall–Kier alpha value is -1.19. The molecule has 0 spiro atoms. The second-order valence-corrected chi connectivity index (χ2v) is 4.82. The second kappa shape index (κ2) is 4.98. The first-order valence-electron chi connectivity index (χ1n) is 5.95. The van der Waals surface area contributed by atoms with Crippen LogP contribution in [-0.2, 0) is 9.47 Å². The minimum atomic E-state index is -0.530. The van der Waals surface area contributed by atoms with Crippen molar-refractivity contribution in [3.8, 4) is 0 Å². The molecule has 92 valence electrons. The molecule has 3 heteroatoms. The lowest BCUT2D eigenvalue weighted by atomic mass is 9.93. The monoisotopic (exact) mass is 233 g/mol. The van der Waals surface area contributed by atoms with Gasteiger partial charge in [-0.25, -0.2) is 0 Å². The quantitative estimate of drug-likeness (QED) is 0.752. The normalized spacial score (nSPS) is 27.6. The van der Waals surface area contributed by atoms with Crippen LogP contribution in [0.1, 0.15) is 31.9 Å². The van der Waals surface area contributed by atoms with E-state index in [0.29, 0.717) is 12.5 Å². The molecular weight excluding hydrogens is 214 g/mol. The zero-order valence-electron chi connectivity index (χ0n) is 10.4. The van der Waals surface area contributed by atoms with Crippen LogP contribution in [0.5, 0.6) is 0 Å². The van der Waals surface area contributed by atoms with Gasteiger partial charge in [0, 0.05) is 18.3 Å². The van der Waals surface area contributed by atoms with Gasteiger partial charge in [0.2, 0.25) is 0 Å². The molecule has 1 aromatic rings. The van der Waals surface area contributed by atoms with Crippen LogP contribution >= 0.6 is 0 Å². The summed E-state index contributed by atoms with van der Waals surface area (Å²) in [4.78, 5) is 4.16. The van der Waals surface area contributed by atoms with Gasteiger partial charge in [-0.1, -0.05) is 12.1 Å². The standard InChI is InChI=1S/C14H19NO2/c1-4-6-12-10-16-14(2,3)17-13(12)11-7-5-8-15-9-11/h4-5,7-9,12-13H,1,6,10H2,2-3H3/t12-,13-/m0/s1. The molecule has 0 N–H and O–H groups in total. The summed E-state index contributed by atoms with van der Waals surface area (Å²) in [5.41, 5.74) is 1.11. The number of hydrogen-bond donors (Lipinski definition) is 0. The molecule has 2 atom stereocenters. The summed E-state index contributed by atoms with van der Waals surface area (Å²) >= 11 is 0. The van der Waals surface area contributed by atoms with E-state index < -0.39 is 5.79 Å². The fraction of sp³-hybridized carbons (Fsp3) is 0.500. The van der Waals surface area contributed by atoms with Crippen LogP contribution in [0.2, 0.25) is 0 Å². The summed E-state index contributed by atoms with van der Waals surface area (Å²) in [6, 6.07) is 3.99. The molecule has 0 amide bonds. The third-order valence-electron chi connectivity index (χ3n) is 2.97. The first-order chi connectivity index (χ1) is 8.12. The third-order valence-corrected chi connectivity index (χ3v) is 2.97. The van der Waals surface area contributed by atoms with Crippen molar-refractivity contribution in [1.29, 1.82) is 0 Å². The molecule has 1 aliphatic rings. The van der Waals surface area contributed by atoms with E-state index in [1.54, 1.807) is 6.20 Å². The largest absolute Gasteiger partial charge is 0.350 e. The van der Waals surface area contributed by atoms with Crippen LogP contribution in [0.4, 0.5) is 0 Å². The maximum atomic E-state index is 6.02. The number of rotatable bonds is 3. The summed E-state index contributed by atoms with van der Waals surface area (Å²) in [7, 11) is 0. The van der Waals surface area contributed by atoms with E-state index in [1.807, 2.05) is 32.2 Å². The van der Waals surface area contributed by atoms with Crippen LogP contribution in [0, 0.1) is 5.92 Å². The highest BCUT2D eigenvalue weighted by Crippen LogP contribution is 2.37. The van der Waals surface area contributed by atoms with Crippen LogP contribution in [0.15, 0.2) is 37.2 Å². The molecule has 2 rings (SSSR count). The predicted octanol–water partition coefficient (Wildman–Crippen LogP) is 3.10. The zero-order chi connectivity index (χ0) is 12.3. The SMILES string of the molecule is C=CC[C@H]1COC(C)(C)O[C@H]1c1cccnc1. The van der Waals surface area contributed by atoms with Gasteiger partial charge in [-0.3, -0.25) is 4.98 Å². The summed E-state index contributed by atoms with van der Waals surface area (Å²) in [6.07, 6.45) is 6.47. The molecule has 0 saturated carbocycles. The van der Waals surface area contributed by atoms with Gasteiger partial charge >= 0.3 is 0 Å². The highest BCUT2D eigenvalue weighted by molar-refractivity contribution is 5.14. The predicted molar refractivity (Wildman–Crippen MR) is 66.4 cm³/mol. The molecule has 1 aliphatic heterocycles. The average molecular weight is 233 g/mol. The fourth-order valence-electron chi connectivity index (χ4n) is 2.12. The Kier molecular flexibility index (Phi) is 3.60. The lowest BCUT2D eigenvalue weighted by molar-refractivity contribution is -0.295.